The van der Waals surface area contributed by atoms with E-state index in [1.807, 2.05) is 12.1 Å². The molecule has 13 rings (SSSR count). The highest BCUT2D eigenvalue weighted by molar-refractivity contribution is 6.29. The maximum atomic E-state index is 5.22. The Balaban J connectivity index is 1.03. The van der Waals surface area contributed by atoms with Crippen LogP contribution in [-0.2, 0) is 0 Å². The molecule has 5 nitrogen and oxygen atoms in total. The minimum atomic E-state index is 0.703. The lowest BCUT2D eigenvalue weighted by molar-refractivity contribution is 1.16. The van der Waals surface area contributed by atoms with Crippen LogP contribution in [0.3, 0.4) is 0 Å². The monoisotopic (exact) mass is 777 g/mol. The third-order valence-electron chi connectivity index (χ3n) is 12.4. The summed E-state index contributed by atoms with van der Waals surface area (Å²) >= 11 is 0. The first-order valence-corrected chi connectivity index (χ1v) is 20.8. The number of hydrogen-bond donors (Lipinski definition) is 0. The highest BCUT2D eigenvalue weighted by Gasteiger charge is 2.22. The third kappa shape index (κ3) is 5.01. The van der Waals surface area contributed by atoms with Gasteiger partial charge in [-0.25, -0.2) is 9.97 Å². The van der Waals surface area contributed by atoms with Gasteiger partial charge in [0.1, 0.15) is 0 Å². The summed E-state index contributed by atoms with van der Waals surface area (Å²) in [5, 5.41) is 8.43. The van der Waals surface area contributed by atoms with E-state index in [0.29, 0.717) is 5.82 Å². The number of fused-ring (bicyclic) bond motifs is 11. The second-order valence-corrected chi connectivity index (χ2v) is 15.8. The molecule has 9 aromatic carbocycles. The van der Waals surface area contributed by atoms with E-state index in [2.05, 4.69) is 214 Å². The van der Waals surface area contributed by atoms with Crippen LogP contribution in [0.15, 0.2) is 212 Å². The molecule has 0 N–H and O–H groups in total. The van der Waals surface area contributed by atoms with E-state index in [1.54, 1.807) is 0 Å². The fourth-order valence-corrected chi connectivity index (χ4v) is 9.84. The number of para-hydroxylation sites is 5. The van der Waals surface area contributed by atoms with E-state index in [4.69, 9.17) is 9.97 Å². The molecule has 0 spiro atoms. The molecule has 4 heterocycles. The summed E-state index contributed by atoms with van der Waals surface area (Å²) in [5.41, 5.74) is 14.3. The van der Waals surface area contributed by atoms with Crippen LogP contribution in [0.5, 0.6) is 0 Å². The maximum Gasteiger partial charge on any atom is 0.160 e. The lowest BCUT2D eigenvalue weighted by Crippen LogP contribution is -1.98. The minimum absolute atomic E-state index is 0.703. The van der Waals surface area contributed by atoms with E-state index in [0.717, 1.165) is 55.8 Å². The zero-order valence-corrected chi connectivity index (χ0v) is 32.9. The first-order chi connectivity index (χ1) is 30.3. The van der Waals surface area contributed by atoms with Gasteiger partial charge < -0.3 is 13.7 Å². The quantitative estimate of drug-likeness (QED) is 0.175. The fraction of sp³-hybridized carbons (Fsp3) is 0. The zero-order valence-electron chi connectivity index (χ0n) is 32.9. The van der Waals surface area contributed by atoms with E-state index in [9.17, 15) is 0 Å². The fourth-order valence-electron chi connectivity index (χ4n) is 9.84. The van der Waals surface area contributed by atoms with Gasteiger partial charge in [0, 0.05) is 65.9 Å². The van der Waals surface area contributed by atoms with Crippen molar-refractivity contribution in [2.24, 2.45) is 0 Å². The summed E-state index contributed by atoms with van der Waals surface area (Å²) in [5.74, 6) is 0.703. The second kappa shape index (κ2) is 13.1. The van der Waals surface area contributed by atoms with Crippen molar-refractivity contribution in [2.45, 2.75) is 0 Å². The predicted octanol–water partition coefficient (Wildman–Crippen LogP) is 14.3. The molecule has 0 unspecified atom stereocenters. The van der Waals surface area contributed by atoms with Gasteiger partial charge in [-0.05, 0) is 78.9 Å². The summed E-state index contributed by atoms with van der Waals surface area (Å²) in [6.45, 7) is 0. The number of nitrogens with zero attached hydrogens (tertiary/aromatic N) is 5. The molecule has 0 amide bonds. The number of benzene rings is 9. The summed E-state index contributed by atoms with van der Waals surface area (Å²) in [4.78, 5) is 10.3. The van der Waals surface area contributed by atoms with Gasteiger partial charge in [-0.1, -0.05) is 133 Å². The van der Waals surface area contributed by atoms with Gasteiger partial charge in [-0.2, -0.15) is 0 Å². The lowest BCUT2D eigenvalue weighted by atomic mass is 10.1. The van der Waals surface area contributed by atoms with Crippen molar-refractivity contribution in [3.05, 3.63) is 212 Å². The summed E-state index contributed by atoms with van der Waals surface area (Å²) in [7, 11) is 0. The summed E-state index contributed by atoms with van der Waals surface area (Å²) in [6.07, 6.45) is 0. The number of aromatic nitrogens is 5. The molecule has 0 atom stereocenters. The van der Waals surface area contributed by atoms with Gasteiger partial charge in [0.15, 0.2) is 5.82 Å². The number of hydrogen-bond acceptors (Lipinski definition) is 2. The molecular formula is C56H35N5. The van der Waals surface area contributed by atoms with Crippen LogP contribution in [0.25, 0.3) is 116 Å². The Labute approximate surface area is 350 Å². The highest BCUT2D eigenvalue weighted by Crippen LogP contribution is 2.43. The Morgan fingerprint density at radius 1 is 0.279 bits per heavy atom. The molecule has 284 valence electrons. The van der Waals surface area contributed by atoms with Crippen LogP contribution >= 0.6 is 0 Å². The average molecular weight is 778 g/mol. The van der Waals surface area contributed by atoms with Crippen molar-refractivity contribution in [3.8, 4) is 39.7 Å². The second-order valence-electron chi connectivity index (χ2n) is 15.8. The Hall–Kier alpha value is -8.28. The Morgan fingerprint density at radius 2 is 0.754 bits per heavy atom. The van der Waals surface area contributed by atoms with Crippen LogP contribution in [0, 0.1) is 0 Å². The van der Waals surface area contributed by atoms with E-state index in [-0.39, 0.29) is 0 Å². The largest absolute Gasteiger partial charge is 0.309 e. The van der Waals surface area contributed by atoms with Crippen molar-refractivity contribution in [1.29, 1.82) is 0 Å². The first-order valence-electron chi connectivity index (χ1n) is 20.8. The minimum Gasteiger partial charge on any atom is -0.309 e. The van der Waals surface area contributed by atoms with Crippen molar-refractivity contribution < 1.29 is 0 Å². The normalized spacial score (nSPS) is 11.9. The first kappa shape index (κ1) is 33.7. The van der Waals surface area contributed by atoms with Gasteiger partial charge in [0.25, 0.3) is 0 Å². The van der Waals surface area contributed by atoms with Crippen LogP contribution in [0.2, 0.25) is 0 Å². The maximum absolute atomic E-state index is 5.22. The zero-order chi connectivity index (χ0) is 40.0. The molecule has 0 bridgehead atoms. The van der Waals surface area contributed by atoms with Crippen molar-refractivity contribution in [2.75, 3.05) is 0 Å². The Morgan fingerprint density at radius 3 is 1.44 bits per heavy atom. The summed E-state index contributed by atoms with van der Waals surface area (Å²) < 4.78 is 7.23. The molecule has 4 aromatic heterocycles. The smallest absolute Gasteiger partial charge is 0.160 e. The molecule has 0 radical (unpaired) electrons. The Kier molecular flexibility index (Phi) is 7.24. The molecule has 5 heteroatoms. The lowest BCUT2D eigenvalue weighted by Gasteiger charge is -2.12. The molecule has 13 aromatic rings. The van der Waals surface area contributed by atoms with Crippen LogP contribution in [0.4, 0.5) is 0 Å². The van der Waals surface area contributed by atoms with Gasteiger partial charge >= 0.3 is 0 Å². The van der Waals surface area contributed by atoms with Crippen molar-refractivity contribution >= 4 is 76.3 Å². The molecule has 0 saturated carbocycles. The third-order valence-corrected chi connectivity index (χ3v) is 12.4. The van der Waals surface area contributed by atoms with Gasteiger partial charge in [0.2, 0.25) is 0 Å². The van der Waals surface area contributed by atoms with Crippen molar-refractivity contribution in [3.63, 3.8) is 0 Å². The highest BCUT2D eigenvalue weighted by atomic mass is 15.0. The van der Waals surface area contributed by atoms with E-state index in [1.165, 1.54) is 54.4 Å². The SMILES string of the molecule is c1ccc(-c2nc(-c3cccc(-n4c5ccccc5c5c6c7ccccc7n(-c7ccc8c(c7)c7ccccc7n8-c7ccccc7)c6ccc54)c3)nc3ccccc23)cc1. The molecule has 0 saturated heterocycles. The summed E-state index contributed by atoms with van der Waals surface area (Å²) in [6, 6.07) is 76.0. The molecular weight excluding hydrogens is 743 g/mol. The van der Waals surface area contributed by atoms with Crippen LogP contribution < -0.4 is 0 Å². The molecule has 61 heavy (non-hydrogen) atoms. The van der Waals surface area contributed by atoms with Crippen molar-refractivity contribution in [1.82, 2.24) is 23.7 Å². The molecule has 0 aliphatic rings. The standard InChI is InChI=1S/C56H35N5/c1-3-16-36(17-4-1)55-42-23-7-11-26-46(42)57-56(58-55)37-18-15-21-39(34-37)60-48-28-13-9-24-43(48)53-51(60)32-33-52-54(53)44-25-10-14-29-49(44)61(52)40-30-31-50-45(35-40)41-22-8-12-27-47(41)59(50)38-19-5-2-6-20-38/h1-35H. The van der Waals surface area contributed by atoms with Gasteiger partial charge in [0.05, 0.1) is 44.3 Å². The predicted molar refractivity (Wildman–Crippen MR) is 253 cm³/mol. The molecule has 0 fully saturated rings. The molecule has 0 aliphatic heterocycles. The number of rotatable bonds is 5. The topological polar surface area (TPSA) is 40.6 Å². The van der Waals surface area contributed by atoms with Gasteiger partial charge in [-0.15, -0.1) is 0 Å². The van der Waals surface area contributed by atoms with Crippen LogP contribution in [0.1, 0.15) is 0 Å². The van der Waals surface area contributed by atoms with Crippen LogP contribution in [-0.4, -0.2) is 23.7 Å². The molecule has 0 aliphatic carbocycles. The Bertz CT molecular complexity index is 3870. The van der Waals surface area contributed by atoms with E-state index >= 15 is 0 Å². The van der Waals surface area contributed by atoms with Gasteiger partial charge in [-0.3, -0.25) is 0 Å². The van der Waals surface area contributed by atoms with E-state index < -0.39 is 0 Å². The average Bonchev–Trinajstić information content (AvgIpc) is 3.97.